The van der Waals surface area contributed by atoms with Gasteiger partial charge in [0.25, 0.3) is 22.2 Å². The lowest BCUT2D eigenvalue weighted by atomic mass is 9.88. The van der Waals surface area contributed by atoms with Gasteiger partial charge in [0.05, 0.1) is 17.5 Å². The minimum Gasteiger partial charge on any atom is -0.365 e. The number of rotatable bonds is 8. The average molecular weight is 522 g/mol. The number of nitrogens with one attached hydrogen (secondary N) is 2. The van der Waals surface area contributed by atoms with Crippen molar-refractivity contribution in [2.45, 2.75) is 48.2 Å². The molecule has 1 aliphatic carbocycles. The van der Waals surface area contributed by atoms with Gasteiger partial charge in [-0.2, -0.15) is 18.3 Å². The first-order valence-corrected chi connectivity index (χ1v) is 11.8. The number of sulfone groups is 1. The highest BCUT2D eigenvalue weighted by molar-refractivity contribution is 7.92. The number of halogens is 5. The molecule has 1 aromatic carbocycles. The van der Waals surface area contributed by atoms with E-state index in [4.69, 9.17) is 11.1 Å². The van der Waals surface area contributed by atoms with Gasteiger partial charge in [-0.25, -0.2) is 17.2 Å². The fourth-order valence-corrected chi connectivity index (χ4v) is 4.62. The molecule has 0 unspecified atom stereocenters. The molecule has 0 saturated heterocycles. The van der Waals surface area contributed by atoms with Crippen molar-refractivity contribution in [3.8, 4) is 0 Å². The maximum absolute atomic E-state index is 12.7. The number of nitrogens with two attached hydrogens (primary N) is 1. The molecular weight excluding hydrogens is 499 g/mol. The number of hydrogen-bond acceptors (Lipinski definition) is 7. The van der Waals surface area contributed by atoms with Crippen LogP contribution in [-0.2, 0) is 9.84 Å². The number of hydrogen-bond donors (Lipinski definition) is 3. The molecule has 4 N–H and O–H groups in total. The van der Waals surface area contributed by atoms with Crippen molar-refractivity contribution in [1.29, 1.82) is 5.41 Å². The number of benzene rings is 1. The van der Waals surface area contributed by atoms with Gasteiger partial charge in [-0.1, -0.05) is 0 Å². The third-order valence-electron chi connectivity index (χ3n) is 5.73. The summed E-state index contributed by atoms with van der Waals surface area (Å²) in [7, 11) is -3.95. The quantitative estimate of drug-likeness (QED) is 0.456. The topological polar surface area (TPSA) is 134 Å². The first-order chi connectivity index (χ1) is 16.2. The smallest absolute Gasteiger partial charge is 0.365 e. The zero-order chi connectivity index (χ0) is 26.1. The average Bonchev–Trinajstić information content (AvgIpc) is 3.16. The second-order valence-electron chi connectivity index (χ2n) is 8.14. The molecule has 0 bridgehead atoms. The molecule has 3 rings (SSSR count). The summed E-state index contributed by atoms with van der Waals surface area (Å²) in [6.07, 6.45) is -0.0135. The Balaban J connectivity index is 1.79. The number of anilines is 2. The van der Waals surface area contributed by atoms with E-state index in [9.17, 15) is 35.2 Å². The van der Waals surface area contributed by atoms with E-state index in [2.05, 4.69) is 10.4 Å². The largest absolute Gasteiger partial charge is 0.501 e. The molecule has 0 radical (unpaired) electrons. The van der Waals surface area contributed by atoms with E-state index in [1.165, 1.54) is 15.8 Å². The third kappa shape index (κ3) is 5.78. The summed E-state index contributed by atoms with van der Waals surface area (Å²) < 4.78 is 87.9. The minimum absolute atomic E-state index is 0.0336. The number of nitrogens with zero attached hydrogens (tertiary/aromatic N) is 3. The first kappa shape index (κ1) is 26.5. The van der Waals surface area contributed by atoms with Gasteiger partial charge in [-0.05, 0) is 44.2 Å². The lowest BCUT2D eigenvalue weighted by molar-refractivity contribution is -0.0436. The first-order valence-electron chi connectivity index (χ1n) is 10.3. The lowest BCUT2D eigenvalue weighted by Gasteiger charge is -2.35. The van der Waals surface area contributed by atoms with Gasteiger partial charge in [-0.15, -0.1) is 0 Å². The molecule has 2 atom stereocenters. The monoisotopic (exact) mass is 522 g/mol. The standard InChI is InChI=1S/C20H23F5N6O3S/c1-30(10-17(21)22)12-4-7-16(15(26)8-12)31-9-14(18(27)32)19(29-31)28-11-2-5-13(6-3-11)35(33,34)20(23,24)25/h2-3,5-6,9,12,16-17,26H,4,7-8,10H2,1H3,(H2,27,32)(H,28,29)/t12-,16-/m0/s1. The number of carbonyl (C=O) groups is 1. The van der Waals surface area contributed by atoms with Crippen LogP contribution in [0.4, 0.5) is 33.5 Å². The zero-order valence-electron chi connectivity index (χ0n) is 18.4. The molecule has 0 aliphatic heterocycles. The normalized spacial score (nSPS) is 19.4. The Hall–Kier alpha value is -3.07. The van der Waals surface area contributed by atoms with E-state index in [0.29, 0.717) is 12.8 Å². The Labute approximate surface area is 197 Å². The van der Waals surface area contributed by atoms with Gasteiger partial charge in [0.2, 0.25) is 0 Å². The van der Waals surface area contributed by atoms with Crippen LogP contribution in [0.15, 0.2) is 35.4 Å². The summed E-state index contributed by atoms with van der Waals surface area (Å²) in [4.78, 5) is 12.5. The Kier molecular flexibility index (Phi) is 7.50. The molecule has 192 valence electrons. The van der Waals surface area contributed by atoms with Crippen LogP contribution in [0.1, 0.15) is 35.7 Å². The third-order valence-corrected chi connectivity index (χ3v) is 7.23. The van der Waals surface area contributed by atoms with E-state index >= 15 is 0 Å². The summed E-state index contributed by atoms with van der Waals surface area (Å²) in [6, 6.07) is 2.91. The Morgan fingerprint density at radius 3 is 2.43 bits per heavy atom. The van der Waals surface area contributed by atoms with Crippen LogP contribution < -0.4 is 11.1 Å². The molecule has 1 aromatic heterocycles. The van der Waals surface area contributed by atoms with E-state index in [-0.39, 0.29) is 35.2 Å². The summed E-state index contributed by atoms with van der Waals surface area (Å²) in [6.45, 7) is -0.409. The van der Waals surface area contributed by atoms with Crippen LogP contribution in [0, 0.1) is 5.41 Å². The van der Waals surface area contributed by atoms with Crippen molar-refractivity contribution in [3.05, 3.63) is 36.0 Å². The van der Waals surface area contributed by atoms with Crippen molar-refractivity contribution in [2.75, 3.05) is 18.9 Å². The van der Waals surface area contributed by atoms with Gasteiger partial charge >= 0.3 is 5.51 Å². The molecule has 1 aliphatic rings. The van der Waals surface area contributed by atoms with Gasteiger partial charge in [0.1, 0.15) is 5.56 Å². The molecule has 15 heteroatoms. The summed E-state index contributed by atoms with van der Waals surface area (Å²) >= 11 is 0. The summed E-state index contributed by atoms with van der Waals surface area (Å²) in [5.74, 6) is -0.888. The van der Waals surface area contributed by atoms with E-state index < -0.39 is 45.2 Å². The van der Waals surface area contributed by atoms with Crippen LogP contribution in [0.3, 0.4) is 0 Å². The van der Waals surface area contributed by atoms with Gasteiger partial charge in [-0.3, -0.25) is 14.4 Å². The SMILES string of the molecule is CN(CC(F)F)[C@H]1CC[C@H](n2cc(C(N)=O)c(Nc3ccc(S(=O)(=O)C(F)(F)F)cc3)n2)C(=N)C1. The maximum Gasteiger partial charge on any atom is 0.501 e. The molecule has 1 saturated carbocycles. The predicted octanol–water partition coefficient (Wildman–Crippen LogP) is 3.33. The Bertz CT molecular complexity index is 1200. The van der Waals surface area contributed by atoms with Gasteiger partial charge in [0.15, 0.2) is 5.82 Å². The van der Waals surface area contributed by atoms with Crippen molar-refractivity contribution < 1.29 is 35.2 Å². The van der Waals surface area contributed by atoms with Crippen molar-refractivity contribution in [2.24, 2.45) is 5.73 Å². The molecule has 9 nitrogen and oxygen atoms in total. The highest BCUT2D eigenvalue weighted by atomic mass is 32.2. The number of primary amides is 1. The van der Waals surface area contributed by atoms with E-state index in [1.54, 1.807) is 7.05 Å². The number of alkyl halides is 5. The second-order valence-corrected chi connectivity index (χ2v) is 10.1. The fourth-order valence-electron chi connectivity index (χ4n) is 3.86. The van der Waals surface area contributed by atoms with Crippen LogP contribution in [0.5, 0.6) is 0 Å². The lowest BCUT2D eigenvalue weighted by Crippen LogP contribution is -2.41. The molecule has 35 heavy (non-hydrogen) atoms. The molecule has 0 spiro atoms. The highest BCUT2D eigenvalue weighted by Gasteiger charge is 2.46. The molecular formula is C20H23F5N6O3S. The summed E-state index contributed by atoms with van der Waals surface area (Å²) in [5, 5.41) is 15.4. The van der Waals surface area contributed by atoms with Gasteiger partial charge in [0, 0.05) is 30.1 Å². The molecule has 2 aromatic rings. The number of aromatic nitrogens is 2. The predicted molar refractivity (Wildman–Crippen MR) is 117 cm³/mol. The number of carbonyl (C=O) groups excluding carboxylic acids is 1. The molecule has 1 fully saturated rings. The minimum atomic E-state index is -5.51. The Morgan fingerprint density at radius 1 is 1.29 bits per heavy atom. The zero-order valence-corrected chi connectivity index (χ0v) is 19.2. The highest BCUT2D eigenvalue weighted by Crippen LogP contribution is 2.32. The number of amides is 1. The van der Waals surface area contributed by atoms with Crippen molar-refractivity contribution >= 4 is 33.0 Å². The summed E-state index contributed by atoms with van der Waals surface area (Å²) in [5.41, 5.74) is 0.290. The maximum atomic E-state index is 12.7. The fraction of sp³-hybridized carbons (Fsp3) is 0.450. The van der Waals surface area contributed by atoms with Crippen LogP contribution in [0.2, 0.25) is 0 Å². The van der Waals surface area contributed by atoms with Crippen molar-refractivity contribution in [3.63, 3.8) is 0 Å². The van der Waals surface area contributed by atoms with Crippen LogP contribution >= 0.6 is 0 Å². The van der Waals surface area contributed by atoms with Gasteiger partial charge < -0.3 is 16.5 Å². The van der Waals surface area contributed by atoms with Crippen molar-refractivity contribution in [1.82, 2.24) is 14.7 Å². The van der Waals surface area contributed by atoms with E-state index in [1.807, 2.05) is 0 Å². The second kappa shape index (κ2) is 9.89. The van der Waals surface area contributed by atoms with Crippen LogP contribution in [0.25, 0.3) is 0 Å². The molecule has 1 amide bonds. The van der Waals surface area contributed by atoms with E-state index in [0.717, 1.165) is 24.3 Å². The Morgan fingerprint density at radius 2 is 1.91 bits per heavy atom. The molecule has 1 heterocycles. The van der Waals surface area contributed by atoms with Crippen LogP contribution in [-0.4, -0.2) is 66.3 Å².